The summed E-state index contributed by atoms with van der Waals surface area (Å²) in [6.45, 7) is 5.45. The van der Waals surface area contributed by atoms with Crippen LogP contribution in [-0.2, 0) is 37.4 Å². The molecule has 1 heterocycles. The van der Waals surface area contributed by atoms with Gasteiger partial charge >= 0.3 is 5.97 Å². The first-order valence-corrected chi connectivity index (χ1v) is 9.09. The summed E-state index contributed by atoms with van der Waals surface area (Å²) in [4.78, 5) is 39.5. The highest BCUT2D eigenvalue weighted by atomic mass is 16.5. The zero-order chi connectivity index (χ0) is 20.6. The smallest absolute Gasteiger partial charge is 0.306 e. The predicted molar refractivity (Wildman–Crippen MR) is 100 cm³/mol. The normalized spacial score (nSPS) is 11.1. The Morgan fingerprint density at radius 3 is 2.46 bits per heavy atom. The van der Waals surface area contributed by atoms with Gasteiger partial charge in [-0.25, -0.2) is 0 Å². The van der Waals surface area contributed by atoms with Crippen LogP contribution in [0, 0.1) is 0 Å². The van der Waals surface area contributed by atoms with E-state index in [0.29, 0.717) is 24.6 Å². The van der Waals surface area contributed by atoms with E-state index in [2.05, 4.69) is 15.5 Å². The lowest BCUT2D eigenvalue weighted by Gasteiger charge is -2.10. The third-order valence-electron chi connectivity index (χ3n) is 3.76. The average molecular weight is 387 g/mol. The van der Waals surface area contributed by atoms with Crippen molar-refractivity contribution in [2.24, 2.45) is 0 Å². The summed E-state index contributed by atoms with van der Waals surface area (Å²) in [6.07, 6.45) is 1.10. The Morgan fingerprint density at radius 2 is 1.82 bits per heavy atom. The van der Waals surface area contributed by atoms with E-state index in [1.807, 2.05) is 39.0 Å². The molecule has 0 bridgehead atoms. The van der Waals surface area contributed by atoms with Crippen LogP contribution in [0.5, 0.6) is 0 Å². The quantitative estimate of drug-likeness (QED) is 0.691. The van der Waals surface area contributed by atoms with Crippen LogP contribution in [0.4, 0.5) is 0 Å². The zero-order valence-electron chi connectivity index (χ0n) is 16.4. The molecule has 8 heteroatoms. The number of benzene rings is 1. The van der Waals surface area contributed by atoms with Crippen molar-refractivity contribution >= 4 is 17.8 Å². The van der Waals surface area contributed by atoms with Gasteiger partial charge in [0.25, 0.3) is 5.91 Å². The first-order valence-electron chi connectivity index (χ1n) is 9.09. The molecule has 1 N–H and O–H groups in total. The molecule has 0 saturated heterocycles. The Labute approximate surface area is 163 Å². The van der Waals surface area contributed by atoms with Crippen LogP contribution in [0.3, 0.4) is 0 Å². The molecule has 150 valence electrons. The standard InChI is InChI=1S/C20H25N3O5/c1-20(2,3)19-22-17(28-23-19)10-7-11-18(26)27-13-16(25)21-15(24)12-14-8-5-4-6-9-14/h4-6,8-9H,7,10-13H2,1-3H3,(H,21,24,25). The van der Waals surface area contributed by atoms with E-state index >= 15 is 0 Å². The maximum absolute atomic E-state index is 11.8. The summed E-state index contributed by atoms with van der Waals surface area (Å²) in [5.74, 6) is -0.551. The van der Waals surface area contributed by atoms with E-state index in [0.717, 1.165) is 5.56 Å². The summed E-state index contributed by atoms with van der Waals surface area (Å²) >= 11 is 0. The van der Waals surface area contributed by atoms with Crippen molar-refractivity contribution in [1.82, 2.24) is 15.5 Å². The van der Waals surface area contributed by atoms with Crippen molar-refractivity contribution < 1.29 is 23.6 Å². The number of rotatable bonds is 8. The number of hydrogen-bond acceptors (Lipinski definition) is 7. The Kier molecular flexibility index (Phi) is 7.43. The largest absolute Gasteiger partial charge is 0.456 e. The summed E-state index contributed by atoms with van der Waals surface area (Å²) in [6, 6.07) is 9.04. The second kappa shape index (κ2) is 9.77. The van der Waals surface area contributed by atoms with Gasteiger partial charge in [0.2, 0.25) is 11.8 Å². The molecule has 8 nitrogen and oxygen atoms in total. The summed E-state index contributed by atoms with van der Waals surface area (Å²) in [5, 5.41) is 6.11. The van der Waals surface area contributed by atoms with Crippen molar-refractivity contribution in [1.29, 1.82) is 0 Å². The van der Waals surface area contributed by atoms with Gasteiger partial charge in [-0.3, -0.25) is 19.7 Å². The van der Waals surface area contributed by atoms with Crippen LogP contribution in [0.25, 0.3) is 0 Å². The number of nitrogens with zero attached hydrogens (tertiary/aromatic N) is 2. The third kappa shape index (κ3) is 7.30. The molecule has 0 saturated carbocycles. The molecule has 28 heavy (non-hydrogen) atoms. The maximum Gasteiger partial charge on any atom is 0.306 e. The van der Waals surface area contributed by atoms with E-state index in [1.165, 1.54) is 0 Å². The van der Waals surface area contributed by atoms with Gasteiger partial charge in [0.1, 0.15) is 0 Å². The molecule has 0 aliphatic rings. The molecular formula is C20H25N3O5. The van der Waals surface area contributed by atoms with Gasteiger partial charge in [-0.1, -0.05) is 56.3 Å². The molecule has 0 radical (unpaired) electrons. The van der Waals surface area contributed by atoms with Crippen LogP contribution in [0.15, 0.2) is 34.9 Å². The number of carbonyl (C=O) groups excluding carboxylic acids is 3. The predicted octanol–water partition coefficient (Wildman–Crippen LogP) is 2.12. The molecule has 0 aliphatic carbocycles. The summed E-state index contributed by atoms with van der Waals surface area (Å²) < 4.78 is 10.0. The Balaban J connectivity index is 1.63. The second-order valence-electron chi connectivity index (χ2n) is 7.41. The van der Waals surface area contributed by atoms with E-state index in [9.17, 15) is 14.4 Å². The molecule has 0 aliphatic heterocycles. The van der Waals surface area contributed by atoms with Crippen LogP contribution in [-0.4, -0.2) is 34.5 Å². The van der Waals surface area contributed by atoms with Crippen molar-refractivity contribution in [3.8, 4) is 0 Å². The Hall–Kier alpha value is -3.03. The number of amides is 2. The number of ether oxygens (including phenoxy) is 1. The third-order valence-corrected chi connectivity index (χ3v) is 3.76. The van der Waals surface area contributed by atoms with E-state index in [1.54, 1.807) is 12.1 Å². The SMILES string of the molecule is CC(C)(C)c1noc(CCCC(=O)OCC(=O)NC(=O)Cc2ccccc2)n1. The second-order valence-corrected chi connectivity index (χ2v) is 7.41. The van der Waals surface area contributed by atoms with Crippen LogP contribution in [0.2, 0.25) is 0 Å². The fraction of sp³-hybridized carbons (Fsp3) is 0.450. The molecule has 1 aromatic carbocycles. The first-order chi connectivity index (χ1) is 13.2. The van der Waals surface area contributed by atoms with Gasteiger partial charge in [0.15, 0.2) is 12.4 Å². The molecule has 1 aromatic heterocycles. The highest BCUT2D eigenvalue weighted by Gasteiger charge is 2.21. The molecule has 0 fully saturated rings. The lowest BCUT2D eigenvalue weighted by Crippen LogP contribution is -2.35. The average Bonchev–Trinajstić information content (AvgIpc) is 3.10. The monoisotopic (exact) mass is 387 g/mol. The number of carbonyl (C=O) groups is 3. The van der Waals surface area contributed by atoms with Gasteiger partial charge in [-0.2, -0.15) is 4.98 Å². The van der Waals surface area contributed by atoms with Crippen LogP contribution < -0.4 is 5.32 Å². The van der Waals surface area contributed by atoms with Crippen molar-refractivity contribution in [3.05, 3.63) is 47.6 Å². The fourth-order valence-electron chi connectivity index (χ4n) is 2.28. The highest BCUT2D eigenvalue weighted by molar-refractivity contribution is 5.97. The molecule has 2 amide bonds. The molecule has 0 atom stereocenters. The molecule has 0 spiro atoms. The number of nitrogens with one attached hydrogen (secondary N) is 1. The number of aromatic nitrogens is 2. The van der Waals surface area contributed by atoms with Gasteiger partial charge < -0.3 is 9.26 Å². The number of aryl methyl sites for hydroxylation is 1. The molecule has 0 unspecified atom stereocenters. The summed E-state index contributed by atoms with van der Waals surface area (Å²) in [7, 11) is 0. The number of esters is 1. The van der Waals surface area contributed by atoms with Gasteiger partial charge in [-0.05, 0) is 12.0 Å². The zero-order valence-corrected chi connectivity index (χ0v) is 16.4. The number of imide groups is 1. The topological polar surface area (TPSA) is 111 Å². The van der Waals surface area contributed by atoms with Crippen LogP contribution >= 0.6 is 0 Å². The minimum absolute atomic E-state index is 0.0846. The van der Waals surface area contributed by atoms with Gasteiger partial charge in [0.05, 0.1) is 6.42 Å². The minimum atomic E-state index is -0.652. The maximum atomic E-state index is 11.8. The van der Waals surface area contributed by atoms with Crippen molar-refractivity contribution in [2.75, 3.05) is 6.61 Å². The molecule has 2 rings (SSSR count). The van der Waals surface area contributed by atoms with Gasteiger partial charge in [-0.15, -0.1) is 0 Å². The van der Waals surface area contributed by atoms with Crippen molar-refractivity contribution in [2.45, 2.75) is 51.9 Å². The lowest BCUT2D eigenvalue weighted by atomic mass is 9.96. The van der Waals surface area contributed by atoms with E-state index in [4.69, 9.17) is 9.26 Å². The minimum Gasteiger partial charge on any atom is -0.456 e. The Bertz CT molecular complexity index is 809. The van der Waals surface area contributed by atoms with E-state index < -0.39 is 24.4 Å². The fourth-order valence-corrected chi connectivity index (χ4v) is 2.28. The molecule has 2 aromatic rings. The van der Waals surface area contributed by atoms with Gasteiger partial charge in [0, 0.05) is 18.3 Å². The molecular weight excluding hydrogens is 362 g/mol. The first kappa shape index (κ1) is 21.3. The summed E-state index contributed by atoms with van der Waals surface area (Å²) in [5.41, 5.74) is 0.590. The lowest BCUT2D eigenvalue weighted by molar-refractivity contribution is -0.149. The van der Waals surface area contributed by atoms with E-state index in [-0.39, 0.29) is 18.3 Å². The van der Waals surface area contributed by atoms with Crippen molar-refractivity contribution in [3.63, 3.8) is 0 Å². The van der Waals surface area contributed by atoms with Crippen LogP contribution in [0.1, 0.15) is 50.9 Å². The Morgan fingerprint density at radius 1 is 1.11 bits per heavy atom. The highest BCUT2D eigenvalue weighted by Crippen LogP contribution is 2.18. The number of hydrogen-bond donors (Lipinski definition) is 1.